The molecule has 100 valence electrons. The molecule has 0 saturated heterocycles. The number of hydrogen-bond donors (Lipinski definition) is 1. The van der Waals surface area contributed by atoms with Crippen LogP contribution < -0.4 is 5.32 Å². The van der Waals surface area contributed by atoms with Crippen LogP contribution in [-0.4, -0.2) is 18.1 Å². The first-order valence-corrected chi connectivity index (χ1v) is 7.35. The molecule has 0 bridgehead atoms. The Hall–Kier alpha value is -0.890. The number of aromatic nitrogens is 1. The van der Waals surface area contributed by atoms with E-state index in [0.717, 1.165) is 18.3 Å². The summed E-state index contributed by atoms with van der Waals surface area (Å²) < 4.78 is 0. The first-order chi connectivity index (χ1) is 8.79. The van der Waals surface area contributed by atoms with Crippen LogP contribution in [0.1, 0.15) is 44.6 Å². The molecule has 1 aromatic rings. The van der Waals surface area contributed by atoms with Gasteiger partial charge in [0.05, 0.1) is 0 Å². The Morgan fingerprint density at radius 3 is 3.00 bits per heavy atom. The predicted octanol–water partition coefficient (Wildman–Crippen LogP) is 3.43. The Kier molecular flexibility index (Phi) is 5.18. The van der Waals surface area contributed by atoms with Gasteiger partial charge in [0.15, 0.2) is 0 Å². The van der Waals surface area contributed by atoms with Gasteiger partial charge in [-0.3, -0.25) is 4.98 Å². The lowest BCUT2D eigenvalue weighted by Gasteiger charge is -2.33. The highest BCUT2D eigenvalue weighted by molar-refractivity contribution is 5.08. The second-order valence-electron chi connectivity index (χ2n) is 5.83. The van der Waals surface area contributed by atoms with E-state index in [-0.39, 0.29) is 0 Å². The second-order valence-corrected chi connectivity index (χ2v) is 5.83. The zero-order valence-electron chi connectivity index (χ0n) is 11.7. The summed E-state index contributed by atoms with van der Waals surface area (Å²) in [6.07, 6.45) is 11.9. The minimum Gasteiger partial charge on any atom is -0.317 e. The highest BCUT2D eigenvalue weighted by Crippen LogP contribution is 2.32. The van der Waals surface area contributed by atoms with Crippen LogP contribution >= 0.6 is 0 Å². The van der Waals surface area contributed by atoms with E-state index in [1.807, 2.05) is 18.5 Å². The molecule has 0 radical (unpaired) electrons. The predicted molar refractivity (Wildman–Crippen MR) is 76.5 cm³/mol. The average molecular weight is 246 g/mol. The standard InChI is InChI=1S/C16H26N2/c1-13-5-3-7-15(11-13)16(17-2)9-8-14-6-4-10-18-12-14/h4,6,10,12-13,15-17H,3,5,7-9,11H2,1-2H3. The number of nitrogens with one attached hydrogen (secondary N) is 1. The number of pyridine rings is 1. The molecular formula is C16H26N2. The molecule has 0 aromatic carbocycles. The van der Waals surface area contributed by atoms with E-state index in [9.17, 15) is 0 Å². The van der Waals surface area contributed by atoms with Gasteiger partial charge in [-0.2, -0.15) is 0 Å². The lowest BCUT2D eigenvalue weighted by atomic mass is 9.77. The summed E-state index contributed by atoms with van der Waals surface area (Å²) in [7, 11) is 2.12. The fourth-order valence-electron chi connectivity index (χ4n) is 3.33. The molecule has 1 saturated carbocycles. The Morgan fingerprint density at radius 2 is 2.33 bits per heavy atom. The molecule has 1 aliphatic rings. The van der Waals surface area contributed by atoms with Gasteiger partial charge in [0.1, 0.15) is 0 Å². The van der Waals surface area contributed by atoms with Gasteiger partial charge in [-0.25, -0.2) is 0 Å². The molecule has 1 heterocycles. The summed E-state index contributed by atoms with van der Waals surface area (Å²) in [5.41, 5.74) is 1.36. The first kappa shape index (κ1) is 13.5. The lowest BCUT2D eigenvalue weighted by molar-refractivity contribution is 0.221. The van der Waals surface area contributed by atoms with E-state index >= 15 is 0 Å². The first-order valence-electron chi connectivity index (χ1n) is 7.35. The summed E-state index contributed by atoms with van der Waals surface area (Å²) >= 11 is 0. The van der Waals surface area contributed by atoms with Gasteiger partial charge in [-0.1, -0.05) is 25.8 Å². The normalized spacial score (nSPS) is 25.9. The summed E-state index contributed by atoms with van der Waals surface area (Å²) in [4.78, 5) is 4.19. The van der Waals surface area contributed by atoms with Crippen molar-refractivity contribution in [3.8, 4) is 0 Å². The molecule has 0 aliphatic heterocycles. The molecular weight excluding hydrogens is 220 g/mol. The second kappa shape index (κ2) is 6.89. The molecule has 1 fully saturated rings. The van der Waals surface area contributed by atoms with Crippen LogP contribution in [-0.2, 0) is 6.42 Å². The molecule has 3 atom stereocenters. The van der Waals surface area contributed by atoms with Crippen LogP contribution in [0.2, 0.25) is 0 Å². The smallest absolute Gasteiger partial charge is 0.0299 e. The van der Waals surface area contributed by atoms with E-state index in [1.54, 1.807) is 0 Å². The quantitative estimate of drug-likeness (QED) is 0.861. The molecule has 2 nitrogen and oxygen atoms in total. The van der Waals surface area contributed by atoms with Crippen molar-refractivity contribution in [1.29, 1.82) is 0 Å². The molecule has 1 aliphatic carbocycles. The minimum absolute atomic E-state index is 0.674. The monoisotopic (exact) mass is 246 g/mol. The van der Waals surface area contributed by atoms with Crippen molar-refractivity contribution in [2.24, 2.45) is 11.8 Å². The van der Waals surface area contributed by atoms with Gasteiger partial charge in [0.2, 0.25) is 0 Å². The van der Waals surface area contributed by atoms with Gasteiger partial charge in [0.25, 0.3) is 0 Å². The van der Waals surface area contributed by atoms with Gasteiger partial charge in [0, 0.05) is 18.4 Å². The Labute approximate surface area is 111 Å². The topological polar surface area (TPSA) is 24.9 Å². The third kappa shape index (κ3) is 3.81. The third-order valence-corrected chi connectivity index (χ3v) is 4.38. The fraction of sp³-hybridized carbons (Fsp3) is 0.688. The lowest BCUT2D eigenvalue weighted by Crippen LogP contribution is -2.36. The fourth-order valence-corrected chi connectivity index (χ4v) is 3.33. The van der Waals surface area contributed by atoms with E-state index in [2.05, 4.69) is 30.3 Å². The van der Waals surface area contributed by atoms with Crippen molar-refractivity contribution in [2.75, 3.05) is 7.05 Å². The van der Waals surface area contributed by atoms with Gasteiger partial charge >= 0.3 is 0 Å². The number of hydrogen-bond acceptors (Lipinski definition) is 2. The van der Waals surface area contributed by atoms with E-state index < -0.39 is 0 Å². The summed E-state index contributed by atoms with van der Waals surface area (Å²) in [5, 5.41) is 3.54. The van der Waals surface area contributed by atoms with Crippen molar-refractivity contribution in [3.63, 3.8) is 0 Å². The molecule has 1 N–H and O–H groups in total. The van der Waals surface area contributed by atoms with Crippen LogP contribution in [0.25, 0.3) is 0 Å². The van der Waals surface area contributed by atoms with Crippen LogP contribution in [0.3, 0.4) is 0 Å². The van der Waals surface area contributed by atoms with Gasteiger partial charge in [-0.15, -0.1) is 0 Å². The highest BCUT2D eigenvalue weighted by atomic mass is 14.9. The average Bonchev–Trinajstić information content (AvgIpc) is 2.41. The molecule has 0 amide bonds. The van der Waals surface area contributed by atoms with Crippen LogP contribution in [0.5, 0.6) is 0 Å². The number of nitrogens with zero attached hydrogens (tertiary/aromatic N) is 1. The Morgan fingerprint density at radius 1 is 1.44 bits per heavy atom. The van der Waals surface area contributed by atoms with Gasteiger partial charge < -0.3 is 5.32 Å². The van der Waals surface area contributed by atoms with Crippen LogP contribution in [0.4, 0.5) is 0 Å². The van der Waals surface area contributed by atoms with E-state index in [1.165, 1.54) is 37.7 Å². The van der Waals surface area contributed by atoms with E-state index in [4.69, 9.17) is 0 Å². The largest absolute Gasteiger partial charge is 0.317 e. The van der Waals surface area contributed by atoms with Gasteiger partial charge in [-0.05, 0) is 56.2 Å². The molecule has 0 spiro atoms. The van der Waals surface area contributed by atoms with Crippen molar-refractivity contribution >= 4 is 0 Å². The maximum absolute atomic E-state index is 4.19. The van der Waals surface area contributed by atoms with Crippen molar-refractivity contribution in [1.82, 2.24) is 10.3 Å². The van der Waals surface area contributed by atoms with Crippen molar-refractivity contribution in [3.05, 3.63) is 30.1 Å². The van der Waals surface area contributed by atoms with Crippen molar-refractivity contribution < 1.29 is 0 Å². The Balaban J connectivity index is 1.85. The zero-order valence-corrected chi connectivity index (χ0v) is 11.7. The summed E-state index contributed by atoms with van der Waals surface area (Å²) in [5.74, 6) is 1.79. The van der Waals surface area contributed by atoms with E-state index in [0.29, 0.717) is 6.04 Å². The Bertz CT molecular complexity index is 336. The zero-order chi connectivity index (χ0) is 12.8. The SMILES string of the molecule is CNC(CCc1cccnc1)C1CCCC(C)C1. The highest BCUT2D eigenvalue weighted by Gasteiger charge is 2.25. The number of aryl methyl sites for hydroxylation is 1. The maximum atomic E-state index is 4.19. The molecule has 2 rings (SSSR count). The molecule has 3 unspecified atom stereocenters. The summed E-state index contributed by atoms with van der Waals surface area (Å²) in [6.45, 7) is 2.40. The summed E-state index contributed by atoms with van der Waals surface area (Å²) in [6, 6.07) is 4.89. The van der Waals surface area contributed by atoms with Crippen LogP contribution in [0, 0.1) is 11.8 Å². The molecule has 1 aromatic heterocycles. The van der Waals surface area contributed by atoms with Crippen molar-refractivity contribution in [2.45, 2.75) is 51.5 Å². The van der Waals surface area contributed by atoms with Crippen LogP contribution in [0.15, 0.2) is 24.5 Å². The molecule has 2 heteroatoms. The third-order valence-electron chi connectivity index (χ3n) is 4.38. The number of rotatable bonds is 5. The minimum atomic E-state index is 0.674. The maximum Gasteiger partial charge on any atom is 0.0299 e. The molecule has 18 heavy (non-hydrogen) atoms.